The number of nitrogens with zero attached hydrogens (tertiary/aromatic N) is 2. The minimum atomic E-state index is -0.495. The van der Waals surface area contributed by atoms with Gasteiger partial charge in [0.15, 0.2) is 5.16 Å². The zero-order valence-electron chi connectivity index (χ0n) is 15.6. The molecule has 1 N–H and O–H groups in total. The molecule has 0 saturated heterocycles. The van der Waals surface area contributed by atoms with E-state index < -0.39 is 5.97 Å². The number of methoxy groups -OCH3 is 1. The number of fused-ring (bicyclic) bond motifs is 1. The first-order valence-electron chi connectivity index (χ1n) is 8.78. The van der Waals surface area contributed by atoms with Crippen LogP contribution in [0.2, 0.25) is 0 Å². The van der Waals surface area contributed by atoms with Gasteiger partial charge in [0.25, 0.3) is 5.56 Å². The van der Waals surface area contributed by atoms with Crippen LogP contribution in [0.1, 0.15) is 10.4 Å². The Morgan fingerprint density at radius 1 is 1.24 bits per heavy atom. The normalized spacial score (nSPS) is 10.9. The number of hydrogen-bond donors (Lipinski definition) is 1. The van der Waals surface area contributed by atoms with Gasteiger partial charge >= 0.3 is 5.97 Å². The maximum atomic E-state index is 12.8. The molecule has 3 aromatic rings. The van der Waals surface area contributed by atoms with Crippen LogP contribution in [0.3, 0.4) is 0 Å². The van der Waals surface area contributed by atoms with Crippen molar-refractivity contribution in [3.63, 3.8) is 0 Å². The first kappa shape index (κ1) is 21.4. The van der Waals surface area contributed by atoms with Crippen molar-refractivity contribution in [2.75, 3.05) is 26.1 Å². The highest BCUT2D eigenvalue weighted by Crippen LogP contribution is 2.20. The van der Waals surface area contributed by atoms with E-state index >= 15 is 0 Å². The number of rotatable bonds is 8. The molecular weight excluding hydrogens is 460 g/mol. The summed E-state index contributed by atoms with van der Waals surface area (Å²) in [5.41, 5.74) is 0.460. The second-order valence-electron chi connectivity index (χ2n) is 5.95. The first-order valence-corrected chi connectivity index (χ1v) is 10.6. The van der Waals surface area contributed by atoms with Gasteiger partial charge in [0, 0.05) is 10.2 Å². The van der Waals surface area contributed by atoms with Gasteiger partial charge in [0.05, 0.1) is 43.3 Å². The predicted octanol–water partition coefficient (Wildman–Crippen LogP) is 3.11. The van der Waals surface area contributed by atoms with Crippen molar-refractivity contribution in [2.45, 2.75) is 11.7 Å². The van der Waals surface area contributed by atoms with Gasteiger partial charge in [0.2, 0.25) is 0 Å². The monoisotopic (exact) mass is 478 g/mol. The number of ether oxygens (including phenoxy) is 2. The largest absolute Gasteiger partial charge is 0.493 e. The smallest absolute Gasteiger partial charge is 0.337 e. The Morgan fingerprint density at radius 3 is 2.69 bits per heavy atom. The zero-order valence-corrected chi connectivity index (χ0v) is 18.0. The van der Waals surface area contributed by atoms with Crippen LogP contribution in [-0.2, 0) is 11.3 Å². The summed E-state index contributed by atoms with van der Waals surface area (Å²) in [6, 6.07) is 12.1. The number of halogens is 1. The standard InChI is InChI=1S/C20H19BrN2O5S/c1-27-19(26)13-2-7-16-17(12-13)22-20(23(8-9-24)18(16)25)29-11-10-28-15-5-3-14(21)4-6-15/h2-7,12,24H,8-11H2,1H3. The molecule has 0 bridgehead atoms. The lowest BCUT2D eigenvalue weighted by Gasteiger charge is -2.13. The summed E-state index contributed by atoms with van der Waals surface area (Å²) >= 11 is 4.72. The number of hydrogen-bond acceptors (Lipinski definition) is 7. The molecule has 0 fully saturated rings. The molecule has 0 amide bonds. The third-order valence-electron chi connectivity index (χ3n) is 4.06. The molecule has 0 aliphatic heterocycles. The number of aliphatic hydroxyl groups is 1. The highest BCUT2D eigenvalue weighted by atomic mass is 79.9. The Labute approximate surface area is 179 Å². The summed E-state index contributed by atoms with van der Waals surface area (Å²) in [5, 5.41) is 10.2. The maximum Gasteiger partial charge on any atom is 0.337 e. The number of carbonyl (C=O) groups is 1. The molecule has 0 unspecified atom stereocenters. The van der Waals surface area contributed by atoms with Gasteiger partial charge in [0.1, 0.15) is 5.75 Å². The number of esters is 1. The number of aliphatic hydroxyl groups excluding tert-OH is 1. The van der Waals surface area contributed by atoms with Gasteiger partial charge < -0.3 is 14.6 Å². The van der Waals surface area contributed by atoms with Crippen LogP contribution < -0.4 is 10.3 Å². The summed E-state index contributed by atoms with van der Waals surface area (Å²) in [6.45, 7) is 0.369. The fraction of sp³-hybridized carbons (Fsp3) is 0.250. The fourth-order valence-electron chi connectivity index (χ4n) is 2.68. The maximum absolute atomic E-state index is 12.8. The Kier molecular flexibility index (Phi) is 7.29. The molecule has 1 aromatic heterocycles. The summed E-state index contributed by atoms with van der Waals surface area (Å²) in [4.78, 5) is 29.1. The molecule has 0 aliphatic rings. The van der Waals surface area contributed by atoms with Gasteiger partial charge in [-0.2, -0.15) is 0 Å². The van der Waals surface area contributed by atoms with Crippen LogP contribution in [0.5, 0.6) is 5.75 Å². The molecule has 3 rings (SSSR count). The van der Waals surface area contributed by atoms with E-state index in [0.717, 1.165) is 10.2 Å². The Balaban J connectivity index is 1.82. The lowest BCUT2D eigenvalue weighted by Crippen LogP contribution is -2.25. The molecule has 0 spiro atoms. The second kappa shape index (κ2) is 9.91. The Hall–Kier alpha value is -2.36. The first-order chi connectivity index (χ1) is 14.0. The third-order valence-corrected chi connectivity index (χ3v) is 5.53. The average Bonchev–Trinajstić information content (AvgIpc) is 2.74. The van der Waals surface area contributed by atoms with Crippen molar-refractivity contribution < 1.29 is 19.4 Å². The zero-order chi connectivity index (χ0) is 20.8. The molecule has 1 heterocycles. The minimum absolute atomic E-state index is 0.135. The average molecular weight is 479 g/mol. The summed E-state index contributed by atoms with van der Waals surface area (Å²) in [6.07, 6.45) is 0. The highest BCUT2D eigenvalue weighted by Gasteiger charge is 2.14. The summed E-state index contributed by atoms with van der Waals surface area (Å²) in [5.74, 6) is 0.803. The van der Waals surface area contributed by atoms with Crippen LogP contribution >= 0.6 is 27.7 Å². The molecule has 2 aromatic carbocycles. The molecule has 7 nitrogen and oxygen atoms in total. The van der Waals surface area contributed by atoms with Gasteiger partial charge in [-0.05, 0) is 42.5 Å². The molecule has 0 saturated carbocycles. The van der Waals surface area contributed by atoms with E-state index in [2.05, 4.69) is 20.9 Å². The summed E-state index contributed by atoms with van der Waals surface area (Å²) in [7, 11) is 1.30. The van der Waals surface area contributed by atoms with E-state index in [-0.39, 0.29) is 18.7 Å². The van der Waals surface area contributed by atoms with Crippen molar-refractivity contribution in [3.8, 4) is 5.75 Å². The molecule has 152 valence electrons. The van der Waals surface area contributed by atoms with Crippen LogP contribution in [0.25, 0.3) is 10.9 Å². The molecule has 9 heteroatoms. The lowest BCUT2D eigenvalue weighted by atomic mass is 10.1. The van der Waals surface area contributed by atoms with Crippen molar-refractivity contribution in [3.05, 3.63) is 62.9 Å². The Morgan fingerprint density at radius 2 is 2.00 bits per heavy atom. The number of thioether (sulfide) groups is 1. The Bertz CT molecular complexity index is 1070. The number of aromatic nitrogens is 2. The van der Waals surface area contributed by atoms with E-state index in [1.165, 1.54) is 35.6 Å². The molecule has 0 aliphatic carbocycles. The van der Waals surface area contributed by atoms with E-state index in [4.69, 9.17) is 9.47 Å². The van der Waals surface area contributed by atoms with Crippen LogP contribution in [0, 0.1) is 0 Å². The van der Waals surface area contributed by atoms with Gasteiger partial charge in [-0.25, -0.2) is 9.78 Å². The van der Waals surface area contributed by atoms with E-state index in [1.54, 1.807) is 6.07 Å². The van der Waals surface area contributed by atoms with Crippen molar-refractivity contribution >= 4 is 44.6 Å². The van der Waals surface area contributed by atoms with E-state index in [0.29, 0.717) is 34.0 Å². The van der Waals surface area contributed by atoms with Crippen LogP contribution in [0.4, 0.5) is 0 Å². The van der Waals surface area contributed by atoms with Gasteiger partial charge in [-0.1, -0.05) is 27.7 Å². The summed E-state index contributed by atoms with van der Waals surface area (Å²) < 4.78 is 12.8. The number of benzene rings is 2. The molecule has 0 atom stereocenters. The predicted molar refractivity (Wildman–Crippen MR) is 115 cm³/mol. The van der Waals surface area contributed by atoms with E-state index in [1.807, 2.05) is 24.3 Å². The third kappa shape index (κ3) is 5.17. The second-order valence-corrected chi connectivity index (χ2v) is 7.93. The quantitative estimate of drug-likeness (QED) is 0.230. The lowest BCUT2D eigenvalue weighted by molar-refractivity contribution is 0.0601. The fourth-order valence-corrected chi connectivity index (χ4v) is 3.78. The van der Waals surface area contributed by atoms with Crippen molar-refractivity contribution in [1.29, 1.82) is 0 Å². The molecule has 29 heavy (non-hydrogen) atoms. The van der Waals surface area contributed by atoms with Gasteiger partial charge in [-0.15, -0.1) is 0 Å². The highest BCUT2D eigenvalue weighted by molar-refractivity contribution is 9.10. The molecular formula is C20H19BrN2O5S. The van der Waals surface area contributed by atoms with E-state index in [9.17, 15) is 14.7 Å². The SMILES string of the molecule is COC(=O)c1ccc2c(=O)n(CCO)c(SCCOc3ccc(Br)cc3)nc2c1. The minimum Gasteiger partial charge on any atom is -0.493 e. The van der Waals surface area contributed by atoms with Crippen LogP contribution in [0.15, 0.2) is 56.9 Å². The van der Waals surface area contributed by atoms with Crippen LogP contribution in [-0.4, -0.2) is 46.7 Å². The van der Waals surface area contributed by atoms with Gasteiger partial charge in [-0.3, -0.25) is 9.36 Å². The van der Waals surface area contributed by atoms with Crippen molar-refractivity contribution in [1.82, 2.24) is 9.55 Å². The van der Waals surface area contributed by atoms with Crippen molar-refractivity contribution in [2.24, 2.45) is 0 Å². The number of carbonyl (C=O) groups excluding carboxylic acids is 1. The molecule has 0 radical (unpaired) electrons. The topological polar surface area (TPSA) is 90.7 Å².